The van der Waals surface area contributed by atoms with Gasteiger partial charge in [-0.05, 0) is 33.4 Å². The minimum atomic E-state index is -0.728. The van der Waals surface area contributed by atoms with E-state index in [-0.39, 0.29) is 12.1 Å². The van der Waals surface area contributed by atoms with Crippen LogP contribution in [-0.4, -0.2) is 37.3 Å². The lowest BCUT2D eigenvalue weighted by Gasteiger charge is -2.34. The molecule has 1 aliphatic rings. The second-order valence-electron chi connectivity index (χ2n) is 3.62. The third-order valence-electron chi connectivity index (χ3n) is 2.44. The maximum atomic E-state index is 13.2. The van der Waals surface area contributed by atoms with E-state index in [0.29, 0.717) is 6.42 Å². The fourth-order valence-electron chi connectivity index (χ4n) is 1.71. The number of alkyl halides is 1. The second kappa shape index (κ2) is 3.50. The van der Waals surface area contributed by atoms with Crippen molar-refractivity contribution < 1.29 is 4.39 Å². The van der Waals surface area contributed by atoms with E-state index in [4.69, 9.17) is 5.73 Å². The van der Waals surface area contributed by atoms with Gasteiger partial charge in [0.25, 0.3) is 0 Å². The summed E-state index contributed by atoms with van der Waals surface area (Å²) in [5, 5.41) is 0. The van der Waals surface area contributed by atoms with Crippen molar-refractivity contribution in [2.45, 2.75) is 37.5 Å². The second-order valence-corrected chi connectivity index (χ2v) is 3.62. The largest absolute Gasteiger partial charge is 0.328 e. The highest BCUT2D eigenvalue weighted by atomic mass is 19.1. The zero-order chi connectivity index (χ0) is 8.43. The molecular weight excluding hydrogens is 143 g/mol. The van der Waals surface area contributed by atoms with E-state index in [1.165, 1.54) is 0 Å². The molecule has 0 aromatic heterocycles. The molecule has 0 heterocycles. The van der Waals surface area contributed by atoms with Crippen LogP contribution in [0.5, 0.6) is 0 Å². The first-order valence-electron chi connectivity index (χ1n) is 4.17. The van der Waals surface area contributed by atoms with Crippen LogP contribution in [0.3, 0.4) is 0 Å². The lowest BCUT2D eigenvalue weighted by Crippen LogP contribution is -2.44. The monoisotopic (exact) mass is 160 g/mol. The zero-order valence-electron chi connectivity index (χ0n) is 7.26. The molecule has 1 rings (SSSR count). The molecule has 1 aliphatic carbocycles. The van der Waals surface area contributed by atoms with Gasteiger partial charge >= 0.3 is 0 Å². The third kappa shape index (κ3) is 2.14. The Morgan fingerprint density at radius 3 is 2.45 bits per heavy atom. The van der Waals surface area contributed by atoms with Gasteiger partial charge in [-0.3, -0.25) is 0 Å². The normalized spacial score (nSPS) is 39.5. The van der Waals surface area contributed by atoms with Crippen LogP contribution in [0.1, 0.15) is 19.3 Å². The van der Waals surface area contributed by atoms with Crippen molar-refractivity contribution in [2.24, 2.45) is 5.73 Å². The van der Waals surface area contributed by atoms with Crippen molar-refractivity contribution in [3.63, 3.8) is 0 Å². The SMILES string of the molecule is CN(C)[C@@H]1CC[C@@H](N)C[C@@H]1F. The molecule has 0 spiro atoms. The molecule has 1 saturated carbocycles. The number of nitrogens with two attached hydrogens (primary N) is 1. The van der Waals surface area contributed by atoms with Gasteiger partial charge in [-0.15, -0.1) is 0 Å². The van der Waals surface area contributed by atoms with Gasteiger partial charge in [0.05, 0.1) is 0 Å². The molecule has 0 saturated heterocycles. The first-order valence-corrected chi connectivity index (χ1v) is 4.17. The van der Waals surface area contributed by atoms with Gasteiger partial charge < -0.3 is 10.6 Å². The number of hydrogen-bond donors (Lipinski definition) is 1. The Kier molecular flexibility index (Phi) is 2.84. The molecule has 0 aromatic rings. The van der Waals surface area contributed by atoms with Crippen molar-refractivity contribution in [2.75, 3.05) is 14.1 Å². The summed E-state index contributed by atoms with van der Waals surface area (Å²) in [5.41, 5.74) is 5.63. The van der Waals surface area contributed by atoms with E-state index < -0.39 is 6.17 Å². The Morgan fingerprint density at radius 2 is 2.00 bits per heavy atom. The van der Waals surface area contributed by atoms with E-state index >= 15 is 0 Å². The van der Waals surface area contributed by atoms with Crippen molar-refractivity contribution in [3.8, 4) is 0 Å². The first kappa shape index (κ1) is 8.94. The molecule has 66 valence electrons. The van der Waals surface area contributed by atoms with Gasteiger partial charge in [-0.2, -0.15) is 0 Å². The van der Waals surface area contributed by atoms with Gasteiger partial charge in [-0.25, -0.2) is 4.39 Å². The Hall–Kier alpha value is -0.150. The quantitative estimate of drug-likeness (QED) is 0.614. The minimum absolute atomic E-state index is 0.0844. The van der Waals surface area contributed by atoms with Crippen molar-refractivity contribution in [1.29, 1.82) is 0 Å². The summed E-state index contributed by atoms with van der Waals surface area (Å²) in [6, 6.07) is 0.177. The molecule has 0 aliphatic heterocycles. The molecule has 3 atom stereocenters. The average Bonchev–Trinajstić information content (AvgIpc) is 1.85. The Bertz CT molecular complexity index is 127. The average molecular weight is 160 g/mol. The van der Waals surface area contributed by atoms with Crippen LogP contribution in [0, 0.1) is 0 Å². The van der Waals surface area contributed by atoms with E-state index in [1.54, 1.807) is 0 Å². The maximum absolute atomic E-state index is 13.2. The van der Waals surface area contributed by atoms with Crippen LogP contribution in [0.2, 0.25) is 0 Å². The van der Waals surface area contributed by atoms with Gasteiger partial charge in [0.15, 0.2) is 0 Å². The summed E-state index contributed by atoms with van der Waals surface area (Å²) in [6.45, 7) is 0. The number of hydrogen-bond acceptors (Lipinski definition) is 2. The van der Waals surface area contributed by atoms with Crippen LogP contribution in [0.25, 0.3) is 0 Å². The van der Waals surface area contributed by atoms with E-state index in [9.17, 15) is 4.39 Å². The summed E-state index contributed by atoms with van der Waals surface area (Å²) >= 11 is 0. The summed E-state index contributed by atoms with van der Waals surface area (Å²) in [4.78, 5) is 1.95. The molecule has 0 amide bonds. The molecule has 0 radical (unpaired) electrons. The first-order chi connectivity index (χ1) is 5.11. The molecule has 3 heteroatoms. The predicted octanol–water partition coefficient (Wildman–Crippen LogP) is 0.766. The number of nitrogens with zero attached hydrogens (tertiary/aromatic N) is 1. The van der Waals surface area contributed by atoms with Crippen molar-refractivity contribution in [1.82, 2.24) is 4.90 Å². The molecule has 1 fully saturated rings. The van der Waals surface area contributed by atoms with Gasteiger partial charge in [-0.1, -0.05) is 0 Å². The van der Waals surface area contributed by atoms with Crippen LogP contribution in [-0.2, 0) is 0 Å². The summed E-state index contributed by atoms with van der Waals surface area (Å²) in [7, 11) is 3.85. The highest BCUT2D eigenvalue weighted by molar-refractivity contribution is 4.86. The summed E-state index contributed by atoms with van der Waals surface area (Å²) in [6.07, 6.45) is 1.66. The fourth-order valence-corrected chi connectivity index (χ4v) is 1.71. The lowest BCUT2D eigenvalue weighted by molar-refractivity contribution is 0.105. The van der Waals surface area contributed by atoms with Crippen molar-refractivity contribution in [3.05, 3.63) is 0 Å². The van der Waals surface area contributed by atoms with E-state index in [2.05, 4.69) is 0 Å². The lowest BCUT2D eigenvalue weighted by atomic mass is 9.89. The predicted molar refractivity (Wildman–Crippen MR) is 44.2 cm³/mol. The Labute approximate surface area is 67.6 Å². The molecule has 11 heavy (non-hydrogen) atoms. The Morgan fingerprint density at radius 1 is 1.36 bits per heavy atom. The number of rotatable bonds is 1. The standard InChI is InChI=1S/C8H17FN2/c1-11(2)8-4-3-6(10)5-7(8)9/h6-8H,3-5,10H2,1-2H3/t6-,7+,8-/m1/s1. The van der Waals surface area contributed by atoms with Crippen molar-refractivity contribution >= 4 is 0 Å². The van der Waals surface area contributed by atoms with E-state index in [0.717, 1.165) is 12.8 Å². The Balaban J connectivity index is 2.44. The number of halogens is 1. The summed E-state index contributed by atoms with van der Waals surface area (Å²) < 4.78 is 13.2. The van der Waals surface area contributed by atoms with Crippen LogP contribution >= 0.6 is 0 Å². The van der Waals surface area contributed by atoms with Gasteiger partial charge in [0.1, 0.15) is 6.17 Å². The topological polar surface area (TPSA) is 29.3 Å². The minimum Gasteiger partial charge on any atom is -0.328 e. The van der Waals surface area contributed by atoms with Crippen LogP contribution in [0.15, 0.2) is 0 Å². The molecule has 0 aromatic carbocycles. The third-order valence-corrected chi connectivity index (χ3v) is 2.44. The van der Waals surface area contributed by atoms with Crippen LogP contribution in [0.4, 0.5) is 4.39 Å². The van der Waals surface area contributed by atoms with Gasteiger partial charge in [0.2, 0.25) is 0 Å². The van der Waals surface area contributed by atoms with Gasteiger partial charge in [0, 0.05) is 12.1 Å². The highest BCUT2D eigenvalue weighted by Gasteiger charge is 2.29. The smallest absolute Gasteiger partial charge is 0.117 e. The molecular formula is C8H17FN2. The molecule has 0 bridgehead atoms. The molecule has 2 nitrogen and oxygen atoms in total. The maximum Gasteiger partial charge on any atom is 0.117 e. The molecule has 2 N–H and O–H groups in total. The zero-order valence-corrected chi connectivity index (χ0v) is 7.26. The molecule has 0 unspecified atom stereocenters. The van der Waals surface area contributed by atoms with E-state index in [1.807, 2.05) is 19.0 Å². The summed E-state index contributed by atoms with van der Waals surface area (Å²) in [5.74, 6) is 0. The van der Waals surface area contributed by atoms with Crippen LogP contribution < -0.4 is 5.73 Å². The highest BCUT2D eigenvalue weighted by Crippen LogP contribution is 2.23. The fraction of sp³-hybridized carbons (Fsp3) is 1.00.